The van der Waals surface area contributed by atoms with Gasteiger partial charge in [0, 0.05) is 44.4 Å². The van der Waals surface area contributed by atoms with Crippen molar-refractivity contribution < 1.29 is 19.2 Å². The van der Waals surface area contributed by atoms with Gasteiger partial charge in [0.25, 0.3) is 5.69 Å². The van der Waals surface area contributed by atoms with Crippen LogP contribution in [0.3, 0.4) is 0 Å². The van der Waals surface area contributed by atoms with Crippen molar-refractivity contribution in [2.24, 2.45) is 0 Å². The normalized spacial score (nSPS) is 14.3. The lowest BCUT2D eigenvalue weighted by atomic mass is 10.1. The third-order valence-corrected chi connectivity index (χ3v) is 4.96. The molecule has 1 N–H and O–H groups in total. The van der Waals surface area contributed by atoms with E-state index in [9.17, 15) is 14.9 Å². The molecule has 1 aliphatic rings. The van der Waals surface area contributed by atoms with Gasteiger partial charge in [-0.05, 0) is 19.1 Å². The molecule has 30 heavy (non-hydrogen) atoms. The van der Waals surface area contributed by atoms with E-state index in [0.29, 0.717) is 25.4 Å². The van der Waals surface area contributed by atoms with Crippen molar-refractivity contribution in [2.45, 2.75) is 13.5 Å². The van der Waals surface area contributed by atoms with Crippen LogP contribution in [0.25, 0.3) is 0 Å². The summed E-state index contributed by atoms with van der Waals surface area (Å²) in [5.74, 6) is 1.15. The number of amides is 2. The zero-order valence-corrected chi connectivity index (χ0v) is 17.2. The molecule has 0 spiro atoms. The molecule has 0 atom stereocenters. The minimum absolute atomic E-state index is 0.0919. The second-order valence-electron chi connectivity index (χ2n) is 6.88. The van der Waals surface area contributed by atoms with Gasteiger partial charge < -0.3 is 19.7 Å². The first-order valence-corrected chi connectivity index (χ1v) is 9.83. The number of non-ortho nitro benzene ring substituents is 1. The zero-order valence-electron chi connectivity index (χ0n) is 17.2. The van der Waals surface area contributed by atoms with Gasteiger partial charge in [-0.2, -0.15) is 0 Å². The SMILES string of the molecule is CCOc1ccccc1CN1CCN(C(=O)Nc2ccc([N+](=O)[O-])cc2OC)CC1. The molecule has 3 rings (SSSR count). The summed E-state index contributed by atoms with van der Waals surface area (Å²) in [5.41, 5.74) is 1.44. The molecule has 1 aliphatic heterocycles. The molecular formula is C21H26N4O5. The van der Waals surface area contributed by atoms with Crippen molar-refractivity contribution in [2.75, 3.05) is 45.2 Å². The zero-order chi connectivity index (χ0) is 21.5. The van der Waals surface area contributed by atoms with Crippen LogP contribution in [-0.2, 0) is 6.54 Å². The quantitative estimate of drug-likeness (QED) is 0.551. The fraction of sp³-hybridized carbons (Fsp3) is 0.381. The Balaban J connectivity index is 1.56. The number of carbonyl (C=O) groups is 1. The molecule has 0 radical (unpaired) electrons. The predicted octanol–water partition coefficient (Wildman–Crippen LogP) is 3.35. The maximum absolute atomic E-state index is 12.6. The van der Waals surface area contributed by atoms with Crippen LogP contribution in [0, 0.1) is 10.1 Å². The maximum Gasteiger partial charge on any atom is 0.322 e. The van der Waals surface area contributed by atoms with Gasteiger partial charge in [-0.1, -0.05) is 18.2 Å². The highest BCUT2D eigenvalue weighted by molar-refractivity contribution is 5.91. The largest absolute Gasteiger partial charge is 0.494 e. The highest BCUT2D eigenvalue weighted by atomic mass is 16.6. The van der Waals surface area contributed by atoms with E-state index in [0.717, 1.165) is 30.9 Å². The smallest absolute Gasteiger partial charge is 0.322 e. The number of nitro benzene ring substituents is 1. The predicted molar refractivity (Wildman–Crippen MR) is 113 cm³/mol. The Labute approximate surface area is 175 Å². The number of benzene rings is 2. The second kappa shape index (κ2) is 9.93. The molecule has 160 valence electrons. The third kappa shape index (κ3) is 5.18. The Morgan fingerprint density at radius 3 is 2.53 bits per heavy atom. The van der Waals surface area contributed by atoms with Crippen molar-refractivity contribution in [1.29, 1.82) is 0 Å². The molecule has 0 aromatic heterocycles. The van der Waals surface area contributed by atoms with Gasteiger partial charge in [0.15, 0.2) is 0 Å². The van der Waals surface area contributed by atoms with Crippen LogP contribution in [0.4, 0.5) is 16.2 Å². The van der Waals surface area contributed by atoms with Gasteiger partial charge in [-0.15, -0.1) is 0 Å². The van der Waals surface area contributed by atoms with Gasteiger partial charge in [0.05, 0.1) is 30.4 Å². The van der Waals surface area contributed by atoms with Crippen LogP contribution in [0.1, 0.15) is 12.5 Å². The number of hydrogen-bond acceptors (Lipinski definition) is 6. The lowest BCUT2D eigenvalue weighted by Gasteiger charge is -2.35. The average molecular weight is 414 g/mol. The molecule has 0 saturated carbocycles. The van der Waals surface area contributed by atoms with Crippen molar-refractivity contribution in [3.05, 3.63) is 58.1 Å². The highest BCUT2D eigenvalue weighted by Gasteiger charge is 2.23. The highest BCUT2D eigenvalue weighted by Crippen LogP contribution is 2.29. The minimum atomic E-state index is -0.503. The lowest BCUT2D eigenvalue weighted by Crippen LogP contribution is -2.49. The van der Waals surface area contributed by atoms with Crippen LogP contribution in [-0.4, -0.2) is 60.6 Å². The van der Waals surface area contributed by atoms with E-state index in [1.54, 1.807) is 4.90 Å². The van der Waals surface area contributed by atoms with Crippen LogP contribution in [0.5, 0.6) is 11.5 Å². The number of anilines is 1. The van der Waals surface area contributed by atoms with E-state index in [-0.39, 0.29) is 17.5 Å². The number of para-hydroxylation sites is 1. The van der Waals surface area contributed by atoms with Crippen molar-refractivity contribution in [1.82, 2.24) is 9.80 Å². The molecular weight excluding hydrogens is 388 g/mol. The number of carbonyl (C=O) groups excluding carboxylic acids is 1. The summed E-state index contributed by atoms with van der Waals surface area (Å²) >= 11 is 0. The van der Waals surface area contributed by atoms with Crippen LogP contribution >= 0.6 is 0 Å². The number of ether oxygens (including phenoxy) is 2. The Kier molecular flexibility index (Phi) is 7.08. The van der Waals surface area contributed by atoms with Crippen molar-refractivity contribution in [3.8, 4) is 11.5 Å². The van der Waals surface area contributed by atoms with E-state index < -0.39 is 4.92 Å². The molecule has 2 aromatic carbocycles. The Hall–Kier alpha value is -3.33. The number of nitrogens with zero attached hydrogens (tertiary/aromatic N) is 3. The lowest BCUT2D eigenvalue weighted by molar-refractivity contribution is -0.384. The van der Waals surface area contributed by atoms with E-state index in [1.165, 1.54) is 25.3 Å². The fourth-order valence-corrected chi connectivity index (χ4v) is 3.37. The first-order valence-electron chi connectivity index (χ1n) is 9.83. The molecule has 1 fully saturated rings. The summed E-state index contributed by atoms with van der Waals surface area (Å²) in [4.78, 5) is 27.1. The number of methoxy groups -OCH3 is 1. The van der Waals surface area contributed by atoms with E-state index in [1.807, 2.05) is 25.1 Å². The molecule has 0 aliphatic carbocycles. The molecule has 9 nitrogen and oxygen atoms in total. The third-order valence-electron chi connectivity index (χ3n) is 4.96. The van der Waals surface area contributed by atoms with Crippen LogP contribution in [0.15, 0.2) is 42.5 Å². The van der Waals surface area contributed by atoms with Gasteiger partial charge in [0.1, 0.15) is 11.5 Å². The fourth-order valence-electron chi connectivity index (χ4n) is 3.37. The molecule has 2 aromatic rings. The van der Waals surface area contributed by atoms with E-state index in [4.69, 9.17) is 9.47 Å². The standard InChI is InChI=1S/C21H26N4O5/c1-3-30-19-7-5-4-6-16(19)15-23-10-12-24(13-11-23)21(26)22-18-9-8-17(25(27)28)14-20(18)29-2/h4-9,14H,3,10-13,15H2,1-2H3,(H,22,26). The number of urea groups is 1. The van der Waals surface area contributed by atoms with Crippen molar-refractivity contribution >= 4 is 17.4 Å². The molecule has 0 unspecified atom stereocenters. The van der Waals surface area contributed by atoms with E-state index >= 15 is 0 Å². The molecule has 2 amide bonds. The van der Waals surface area contributed by atoms with Gasteiger partial charge in [0.2, 0.25) is 0 Å². The summed E-state index contributed by atoms with van der Waals surface area (Å²) < 4.78 is 10.9. The second-order valence-corrected chi connectivity index (χ2v) is 6.88. The molecule has 9 heteroatoms. The first-order chi connectivity index (χ1) is 14.5. The Morgan fingerprint density at radius 2 is 1.87 bits per heavy atom. The number of piperazine rings is 1. The maximum atomic E-state index is 12.6. The Morgan fingerprint density at radius 1 is 1.13 bits per heavy atom. The summed E-state index contributed by atoms with van der Waals surface area (Å²) in [6, 6.07) is 11.9. The summed E-state index contributed by atoms with van der Waals surface area (Å²) in [5, 5.41) is 13.7. The molecule has 0 bridgehead atoms. The number of hydrogen-bond donors (Lipinski definition) is 1. The minimum Gasteiger partial charge on any atom is -0.494 e. The van der Waals surface area contributed by atoms with Crippen LogP contribution < -0.4 is 14.8 Å². The van der Waals surface area contributed by atoms with Gasteiger partial charge >= 0.3 is 6.03 Å². The topological polar surface area (TPSA) is 97.2 Å². The van der Waals surface area contributed by atoms with Crippen LogP contribution in [0.2, 0.25) is 0 Å². The summed E-state index contributed by atoms with van der Waals surface area (Å²) in [6.07, 6.45) is 0. The first kappa shape index (κ1) is 21.4. The molecule has 1 heterocycles. The monoisotopic (exact) mass is 414 g/mol. The van der Waals surface area contributed by atoms with Crippen molar-refractivity contribution in [3.63, 3.8) is 0 Å². The molecule has 1 saturated heterocycles. The Bertz CT molecular complexity index is 897. The number of nitro groups is 1. The van der Waals surface area contributed by atoms with Gasteiger partial charge in [-0.25, -0.2) is 4.79 Å². The number of rotatable bonds is 7. The average Bonchev–Trinajstić information content (AvgIpc) is 2.76. The van der Waals surface area contributed by atoms with Gasteiger partial charge in [-0.3, -0.25) is 15.0 Å². The summed E-state index contributed by atoms with van der Waals surface area (Å²) in [6.45, 7) is 6.00. The number of nitrogens with one attached hydrogen (secondary N) is 1. The van der Waals surface area contributed by atoms with E-state index in [2.05, 4.69) is 16.3 Å². The summed E-state index contributed by atoms with van der Waals surface area (Å²) in [7, 11) is 1.41.